The molecule has 82 valence electrons. The quantitative estimate of drug-likeness (QED) is 0.246. The standard InChI is InChI=1S/C11H9F2N3/c12-11(13)10-6-3-5-9(8-10)4-1-2-7-15-16-14/h3,5-6,8,11H,2,7H2. The third-order valence-corrected chi connectivity index (χ3v) is 1.77. The van der Waals surface area contributed by atoms with Crippen LogP contribution >= 0.6 is 0 Å². The fourth-order valence-electron chi connectivity index (χ4n) is 1.07. The number of azide groups is 1. The molecule has 0 heterocycles. The molecular weight excluding hydrogens is 212 g/mol. The van der Waals surface area contributed by atoms with Gasteiger partial charge in [0.05, 0.1) is 0 Å². The van der Waals surface area contributed by atoms with Crippen LogP contribution in [-0.4, -0.2) is 6.54 Å². The van der Waals surface area contributed by atoms with Crippen molar-refractivity contribution < 1.29 is 8.78 Å². The van der Waals surface area contributed by atoms with Crippen molar-refractivity contribution in [2.45, 2.75) is 12.8 Å². The van der Waals surface area contributed by atoms with Crippen LogP contribution in [0.4, 0.5) is 8.78 Å². The van der Waals surface area contributed by atoms with E-state index in [4.69, 9.17) is 5.53 Å². The van der Waals surface area contributed by atoms with Gasteiger partial charge in [-0.3, -0.25) is 0 Å². The minimum absolute atomic E-state index is 0.0400. The van der Waals surface area contributed by atoms with E-state index in [0.717, 1.165) is 0 Å². The highest BCUT2D eigenvalue weighted by Gasteiger charge is 2.05. The average molecular weight is 221 g/mol. The summed E-state index contributed by atoms with van der Waals surface area (Å²) in [4.78, 5) is 2.58. The topological polar surface area (TPSA) is 48.8 Å². The number of hydrogen-bond acceptors (Lipinski definition) is 1. The molecule has 0 radical (unpaired) electrons. The van der Waals surface area contributed by atoms with Gasteiger partial charge < -0.3 is 0 Å². The molecular formula is C11H9F2N3. The molecule has 1 rings (SSSR count). The maximum atomic E-state index is 12.3. The molecule has 0 spiro atoms. The van der Waals surface area contributed by atoms with Gasteiger partial charge >= 0.3 is 0 Å². The van der Waals surface area contributed by atoms with Crippen LogP contribution in [0.25, 0.3) is 10.4 Å². The van der Waals surface area contributed by atoms with Gasteiger partial charge in [-0.15, -0.1) is 0 Å². The highest BCUT2D eigenvalue weighted by molar-refractivity contribution is 5.37. The van der Waals surface area contributed by atoms with E-state index in [9.17, 15) is 8.78 Å². The maximum Gasteiger partial charge on any atom is 0.263 e. The lowest BCUT2D eigenvalue weighted by Crippen LogP contribution is -1.84. The van der Waals surface area contributed by atoms with Gasteiger partial charge in [-0.1, -0.05) is 29.1 Å². The summed E-state index contributed by atoms with van der Waals surface area (Å²) in [5.41, 5.74) is 8.51. The summed E-state index contributed by atoms with van der Waals surface area (Å²) >= 11 is 0. The number of benzene rings is 1. The lowest BCUT2D eigenvalue weighted by atomic mass is 10.1. The number of alkyl halides is 2. The Labute approximate surface area is 91.7 Å². The molecule has 0 saturated carbocycles. The largest absolute Gasteiger partial charge is 0.263 e. The predicted octanol–water partition coefficient (Wildman–Crippen LogP) is 3.68. The second-order valence-electron chi connectivity index (χ2n) is 2.93. The second kappa shape index (κ2) is 6.44. The van der Waals surface area contributed by atoms with E-state index in [-0.39, 0.29) is 12.1 Å². The van der Waals surface area contributed by atoms with Crippen LogP contribution < -0.4 is 0 Å². The van der Waals surface area contributed by atoms with Crippen molar-refractivity contribution in [3.05, 3.63) is 45.8 Å². The first-order chi connectivity index (χ1) is 7.74. The van der Waals surface area contributed by atoms with E-state index in [1.807, 2.05) is 0 Å². The molecule has 0 saturated heterocycles. The van der Waals surface area contributed by atoms with Gasteiger partial charge in [0.2, 0.25) is 0 Å². The summed E-state index contributed by atoms with van der Waals surface area (Å²) in [6.45, 7) is 0.290. The van der Waals surface area contributed by atoms with Crippen LogP contribution in [0.5, 0.6) is 0 Å². The van der Waals surface area contributed by atoms with Crippen molar-refractivity contribution in [2.75, 3.05) is 6.54 Å². The zero-order valence-corrected chi connectivity index (χ0v) is 8.40. The molecule has 0 N–H and O–H groups in total. The van der Waals surface area contributed by atoms with Gasteiger partial charge in [0.1, 0.15) is 0 Å². The lowest BCUT2D eigenvalue weighted by Gasteiger charge is -1.98. The molecule has 0 aliphatic carbocycles. The molecule has 0 aromatic heterocycles. The molecule has 0 amide bonds. The van der Waals surface area contributed by atoms with Crippen LogP contribution in [0, 0.1) is 11.8 Å². The van der Waals surface area contributed by atoms with Crippen LogP contribution in [0.2, 0.25) is 0 Å². The number of rotatable bonds is 3. The first kappa shape index (κ1) is 12.0. The fourth-order valence-corrected chi connectivity index (χ4v) is 1.07. The van der Waals surface area contributed by atoms with Crippen LogP contribution in [0.15, 0.2) is 29.4 Å². The molecule has 0 bridgehead atoms. The van der Waals surface area contributed by atoms with Gasteiger partial charge in [0.15, 0.2) is 0 Å². The first-order valence-electron chi connectivity index (χ1n) is 4.62. The Balaban J connectivity index is 2.66. The normalized spacial score (nSPS) is 9.19. The zero-order chi connectivity index (χ0) is 11.8. The van der Waals surface area contributed by atoms with Crippen molar-refractivity contribution in [3.8, 4) is 11.8 Å². The van der Waals surface area contributed by atoms with Gasteiger partial charge in [-0.25, -0.2) is 8.78 Å². The Morgan fingerprint density at radius 1 is 1.44 bits per heavy atom. The smallest absolute Gasteiger partial charge is 0.205 e. The van der Waals surface area contributed by atoms with Gasteiger partial charge in [0.25, 0.3) is 6.43 Å². The minimum Gasteiger partial charge on any atom is -0.205 e. The molecule has 0 unspecified atom stereocenters. The maximum absolute atomic E-state index is 12.3. The molecule has 0 aliphatic heterocycles. The fraction of sp³-hybridized carbons (Fsp3) is 0.273. The van der Waals surface area contributed by atoms with Crippen molar-refractivity contribution >= 4 is 0 Å². The van der Waals surface area contributed by atoms with Gasteiger partial charge in [0, 0.05) is 29.0 Å². The SMILES string of the molecule is [N-]=[N+]=NCCC#Cc1cccc(C(F)F)c1. The molecule has 1 aromatic carbocycles. The Morgan fingerprint density at radius 3 is 2.94 bits per heavy atom. The third-order valence-electron chi connectivity index (χ3n) is 1.77. The van der Waals surface area contributed by atoms with E-state index in [1.54, 1.807) is 12.1 Å². The summed E-state index contributed by atoms with van der Waals surface area (Å²) in [7, 11) is 0. The van der Waals surface area contributed by atoms with Crippen molar-refractivity contribution in [3.63, 3.8) is 0 Å². The van der Waals surface area contributed by atoms with Crippen molar-refractivity contribution in [1.82, 2.24) is 0 Å². The Kier molecular flexibility index (Phi) is 4.84. The zero-order valence-electron chi connectivity index (χ0n) is 8.40. The Hall–Kier alpha value is -2.05. The van der Waals surface area contributed by atoms with Crippen molar-refractivity contribution in [1.29, 1.82) is 0 Å². The summed E-state index contributed by atoms with van der Waals surface area (Å²) < 4.78 is 24.7. The van der Waals surface area contributed by atoms with Crippen molar-refractivity contribution in [2.24, 2.45) is 5.11 Å². The monoisotopic (exact) mass is 221 g/mol. The Bertz CT molecular complexity index is 454. The second-order valence-corrected chi connectivity index (χ2v) is 2.93. The van der Waals surface area contributed by atoms with Crippen LogP contribution in [-0.2, 0) is 0 Å². The molecule has 16 heavy (non-hydrogen) atoms. The molecule has 1 aromatic rings. The third kappa shape index (κ3) is 3.99. The van der Waals surface area contributed by atoms with E-state index in [1.165, 1.54) is 12.1 Å². The molecule has 3 nitrogen and oxygen atoms in total. The lowest BCUT2D eigenvalue weighted by molar-refractivity contribution is 0.151. The van der Waals surface area contributed by atoms with Crippen LogP contribution in [0.1, 0.15) is 24.0 Å². The Morgan fingerprint density at radius 2 is 2.25 bits per heavy atom. The van der Waals surface area contributed by atoms with Gasteiger partial charge in [-0.05, 0) is 17.7 Å². The predicted molar refractivity (Wildman–Crippen MR) is 56.9 cm³/mol. The molecule has 0 fully saturated rings. The van der Waals surface area contributed by atoms with Gasteiger partial charge in [-0.2, -0.15) is 0 Å². The molecule has 5 heteroatoms. The van der Waals surface area contributed by atoms with E-state index in [2.05, 4.69) is 21.9 Å². The molecule has 0 atom stereocenters. The first-order valence-corrected chi connectivity index (χ1v) is 4.62. The average Bonchev–Trinajstić information content (AvgIpc) is 2.29. The number of hydrogen-bond donors (Lipinski definition) is 0. The van der Waals surface area contributed by atoms with E-state index >= 15 is 0 Å². The summed E-state index contributed by atoms with van der Waals surface area (Å²) in [5.74, 6) is 5.48. The minimum atomic E-state index is -2.48. The van der Waals surface area contributed by atoms with Crippen LogP contribution in [0.3, 0.4) is 0 Å². The van der Waals surface area contributed by atoms with E-state index < -0.39 is 6.43 Å². The summed E-state index contributed by atoms with van der Waals surface area (Å²) in [6.07, 6.45) is -2.06. The highest BCUT2D eigenvalue weighted by Crippen LogP contribution is 2.18. The summed E-state index contributed by atoms with van der Waals surface area (Å²) in [5, 5.41) is 3.31. The number of nitrogens with zero attached hydrogens (tertiary/aromatic N) is 3. The van der Waals surface area contributed by atoms with E-state index in [0.29, 0.717) is 12.0 Å². The molecule has 0 aliphatic rings. The number of halogens is 2. The highest BCUT2D eigenvalue weighted by atomic mass is 19.3. The summed E-state index contributed by atoms with van der Waals surface area (Å²) in [6, 6.07) is 5.91.